The Morgan fingerprint density at radius 3 is 2.17 bits per heavy atom. The lowest BCUT2D eigenvalue weighted by molar-refractivity contribution is 0.103. The molecular weight excluding hydrogens is 300 g/mol. The molecule has 2 aromatic rings. The molecule has 0 fully saturated rings. The zero-order valence-corrected chi connectivity index (χ0v) is 12.6. The molecule has 0 amide bonds. The minimum absolute atomic E-state index is 0.0255. The fraction of sp³-hybridized carbons (Fsp3) is 0.118. The minimum Gasteiger partial charge on any atom is -0.508 e. The first-order valence-corrected chi connectivity index (χ1v) is 6.68. The number of aromatic hydroxyl groups is 4. The molecule has 0 spiro atoms. The Morgan fingerprint density at radius 1 is 1.00 bits per heavy atom. The van der Waals surface area contributed by atoms with Crippen molar-refractivity contribution in [3.05, 3.63) is 47.0 Å². The molecule has 0 radical (unpaired) electrons. The molecule has 23 heavy (non-hydrogen) atoms. The molecule has 0 saturated carbocycles. The second kappa shape index (κ2) is 6.31. The standard InChI is InChI=1S/C17H16O6/c1-9(5-10-3-4-12(19)15(6-10)23-2)17(22)16-13(20)7-11(18)8-14(16)21/h3-8,18-21H,1-2H3/b9-5+. The highest BCUT2D eigenvalue weighted by Gasteiger charge is 2.19. The van der Waals surface area contributed by atoms with E-state index in [-0.39, 0.29) is 28.4 Å². The molecule has 120 valence electrons. The molecule has 0 bridgehead atoms. The van der Waals surface area contributed by atoms with Gasteiger partial charge in [-0.2, -0.15) is 0 Å². The lowest BCUT2D eigenvalue weighted by Crippen LogP contribution is -2.01. The third-order valence-electron chi connectivity index (χ3n) is 3.25. The van der Waals surface area contributed by atoms with Gasteiger partial charge in [-0.3, -0.25) is 4.79 Å². The number of ketones is 1. The van der Waals surface area contributed by atoms with Crippen LogP contribution in [-0.4, -0.2) is 33.3 Å². The molecular formula is C17H16O6. The Bertz CT molecular complexity index is 769. The molecule has 0 atom stereocenters. The molecule has 2 aromatic carbocycles. The molecule has 0 unspecified atom stereocenters. The number of phenols is 4. The van der Waals surface area contributed by atoms with Gasteiger partial charge in [0.1, 0.15) is 22.8 Å². The Hall–Kier alpha value is -3.15. The number of hydrogen-bond donors (Lipinski definition) is 4. The van der Waals surface area contributed by atoms with Gasteiger partial charge in [-0.15, -0.1) is 0 Å². The van der Waals surface area contributed by atoms with Gasteiger partial charge in [0.2, 0.25) is 0 Å². The number of Topliss-reactive ketones (excluding diaryl/α,β-unsaturated/α-hetero) is 1. The van der Waals surface area contributed by atoms with E-state index in [9.17, 15) is 25.2 Å². The summed E-state index contributed by atoms with van der Waals surface area (Å²) in [7, 11) is 1.41. The van der Waals surface area contributed by atoms with Gasteiger partial charge in [-0.25, -0.2) is 0 Å². The first-order chi connectivity index (χ1) is 10.8. The van der Waals surface area contributed by atoms with Crippen LogP contribution in [0.25, 0.3) is 6.08 Å². The molecule has 0 aliphatic carbocycles. The van der Waals surface area contributed by atoms with Crippen molar-refractivity contribution in [3.8, 4) is 28.7 Å². The highest BCUT2D eigenvalue weighted by Crippen LogP contribution is 2.34. The highest BCUT2D eigenvalue weighted by atomic mass is 16.5. The molecule has 0 heterocycles. The van der Waals surface area contributed by atoms with Gasteiger partial charge in [0.05, 0.1) is 7.11 Å². The number of rotatable bonds is 4. The van der Waals surface area contributed by atoms with Gasteiger partial charge < -0.3 is 25.2 Å². The van der Waals surface area contributed by atoms with Crippen molar-refractivity contribution in [1.29, 1.82) is 0 Å². The Labute approximate surface area is 132 Å². The summed E-state index contributed by atoms with van der Waals surface area (Å²) < 4.78 is 4.99. The van der Waals surface area contributed by atoms with Crippen LogP contribution in [-0.2, 0) is 0 Å². The second-order valence-corrected chi connectivity index (χ2v) is 4.95. The van der Waals surface area contributed by atoms with E-state index in [1.807, 2.05) is 0 Å². The zero-order chi connectivity index (χ0) is 17.1. The number of ether oxygens (including phenoxy) is 1. The number of carbonyl (C=O) groups is 1. The van der Waals surface area contributed by atoms with Crippen LogP contribution < -0.4 is 4.74 Å². The SMILES string of the molecule is COc1cc(/C=C(\C)C(=O)c2c(O)cc(O)cc2O)ccc1O. The van der Waals surface area contributed by atoms with E-state index in [0.29, 0.717) is 5.56 Å². The Balaban J connectivity index is 2.40. The van der Waals surface area contributed by atoms with Crippen LogP contribution in [0.4, 0.5) is 0 Å². The first kappa shape index (κ1) is 16.2. The zero-order valence-electron chi connectivity index (χ0n) is 12.6. The predicted octanol–water partition coefficient (Wildman–Crippen LogP) is 2.80. The summed E-state index contributed by atoms with van der Waals surface area (Å²) in [5, 5.41) is 38.3. The van der Waals surface area contributed by atoms with Crippen LogP contribution in [0.15, 0.2) is 35.9 Å². The van der Waals surface area contributed by atoms with Crippen LogP contribution in [0.2, 0.25) is 0 Å². The van der Waals surface area contributed by atoms with Gasteiger partial charge in [-0.1, -0.05) is 6.07 Å². The minimum atomic E-state index is -0.591. The third kappa shape index (κ3) is 3.37. The van der Waals surface area contributed by atoms with Crippen molar-refractivity contribution in [2.45, 2.75) is 6.92 Å². The van der Waals surface area contributed by atoms with Crippen molar-refractivity contribution in [3.63, 3.8) is 0 Å². The molecule has 2 rings (SSSR count). The number of allylic oxidation sites excluding steroid dienone is 1. The van der Waals surface area contributed by atoms with E-state index in [4.69, 9.17) is 4.74 Å². The normalized spacial score (nSPS) is 11.3. The molecule has 0 aliphatic heterocycles. The van der Waals surface area contributed by atoms with Crippen LogP contribution in [0.5, 0.6) is 28.7 Å². The van der Waals surface area contributed by atoms with E-state index < -0.39 is 17.3 Å². The first-order valence-electron chi connectivity index (χ1n) is 6.68. The van der Waals surface area contributed by atoms with Crippen LogP contribution in [0.1, 0.15) is 22.8 Å². The predicted molar refractivity (Wildman–Crippen MR) is 84.1 cm³/mol. The average molecular weight is 316 g/mol. The summed E-state index contributed by atoms with van der Waals surface area (Å²) in [5.74, 6) is -1.72. The van der Waals surface area contributed by atoms with E-state index >= 15 is 0 Å². The number of hydrogen-bond acceptors (Lipinski definition) is 6. The van der Waals surface area contributed by atoms with Gasteiger partial charge in [0, 0.05) is 12.1 Å². The fourth-order valence-electron chi connectivity index (χ4n) is 2.13. The lowest BCUT2D eigenvalue weighted by Gasteiger charge is -2.08. The van der Waals surface area contributed by atoms with Crippen LogP contribution in [0.3, 0.4) is 0 Å². The summed E-state index contributed by atoms with van der Waals surface area (Å²) in [6.45, 7) is 1.52. The van der Waals surface area contributed by atoms with Crippen molar-refractivity contribution in [2.75, 3.05) is 7.11 Å². The number of phenolic OH excluding ortho intramolecular Hbond substituents is 4. The van der Waals surface area contributed by atoms with Gasteiger partial charge in [-0.05, 0) is 36.3 Å². The van der Waals surface area contributed by atoms with Crippen molar-refractivity contribution in [2.24, 2.45) is 0 Å². The van der Waals surface area contributed by atoms with Gasteiger partial charge in [0.15, 0.2) is 17.3 Å². The van der Waals surface area contributed by atoms with Gasteiger partial charge in [0.25, 0.3) is 0 Å². The van der Waals surface area contributed by atoms with E-state index in [1.54, 1.807) is 12.1 Å². The van der Waals surface area contributed by atoms with Crippen molar-refractivity contribution >= 4 is 11.9 Å². The van der Waals surface area contributed by atoms with Crippen LogP contribution in [0, 0.1) is 0 Å². The maximum Gasteiger partial charge on any atom is 0.196 e. The van der Waals surface area contributed by atoms with Crippen molar-refractivity contribution < 1.29 is 30.0 Å². The average Bonchev–Trinajstić information content (AvgIpc) is 2.47. The Morgan fingerprint density at radius 2 is 1.61 bits per heavy atom. The van der Waals surface area contributed by atoms with E-state index in [1.165, 1.54) is 26.2 Å². The topological polar surface area (TPSA) is 107 Å². The lowest BCUT2D eigenvalue weighted by atomic mass is 10.00. The summed E-state index contributed by atoms with van der Waals surface area (Å²) in [6, 6.07) is 6.51. The fourth-order valence-corrected chi connectivity index (χ4v) is 2.13. The maximum atomic E-state index is 12.4. The number of benzene rings is 2. The molecule has 6 nitrogen and oxygen atoms in total. The number of carbonyl (C=O) groups excluding carboxylic acids is 1. The van der Waals surface area contributed by atoms with Crippen molar-refractivity contribution in [1.82, 2.24) is 0 Å². The molecule has 6 heteroatoms. The van der Waals surface area contributed by atoms with E-state index in [0.717, 1.165) is 12.1 Å². The van der Waals surface area contributed by atoms with Gasteiger partial charge >= 0.3 is 0 Å². The van der Waals surface area contributed by atoms with E-state index in [2.05, 4.69) is 0 Å². The second-order valence-electron chi connectivity index (χ2n) is 4.95. The summed E-state index contributed by atoms with van der Waals surface area (Å²) in [6.07, 6.45) is 1.52. The maximum absolute atomic E-state index is 12.4. The Kier molecular flexibility index (Phi) is 4.45. The number of methoxy groups -OCH3 is 1. The monoisotopic (exact) mass is 316 g/mol. The summed E-state index contributed by atoms with van der Waals surface area (Å²) in [5.41, 5.74) is 0.555. The summed E-state index contributed by atoms with van der Waals surface area (Å²) in [4.78, 5) is 12.4. The third-order valence-corrected chi connectivity index (χ3v) is 3.25. The van der Waals surface area contributed by atoms with Crippen LogP contribution >= 0.6 is 0 Å². The highest BCUT2D eigenvalue weighted by molar-refractivity contribution is 6.14. The molecule has 0 aliphatic rings. The summed E-state index contributed by atoms with van der Waals surface area (Å²) >= 11 is 0. The quantitative estimate of drug-likeness (QED) is 0.510. The molecule has 0 saturated heterocycles. The smallest absolute Gasteiger partial charge is 0.196 e. The molecule has 4 N–H and O–H groups in total. The molecule has 0 aromatic heterocycles. The largest absolute Gasteiger partial charge is 0.508 e.